The van der Waals surface area contributed by atoms with Gasteiger partial charge in [-0.15, -0.1) is 11.8 Å². The lowest BCUT2D eigenvalue weighted by Gasteiger charge is -2.33. The van der Waals surface area contributed by atoms with Crippen molar-refractivity contribution < 1.29 is 5.11 Å². The van der Waals surface area contributed by atoms with Crippen LogP contribution in [0.15, 0.2) is 46.5 Å². The van der Waals surface area contributed by atoms with E-state index in [4.69, 9.17) is 0 Å². The van der Waals surface area contributed by atoms with Crippen LogP contribution in [0, 0.1) is 5.41 Å². The second-order valence-electron chi connectivity index (χ2n) is 10.1. The molecule has 0 bridgehead atoms. The Labute approximate surface area is 192 Å². The molecule has 0 spiro atoms. The Morgan fingerprint density at radius 1 is 0.833 bits per heavy atom. The monoisotopic (exact) mass is 445 g/mol. The van der Waals surface area contributed by atoms with Gasteiger partial charge in [-0.3, -0.25) is 0 Å². The molecule has 2 rings (SSSR count). The van der Waals surface area contributed by atoms with Crippen molar-refractivity contribution in [3.8, 4) is 0 Å². The SMILES string of the molecule is CC(C)c1cc(C(C)C)c(S[C@@H](Sc2ccccn2)[C@@H](O)C(C)(C)C)c(C(C)C)c1. The lowest BCUT2D eigenvalue weighted by Crippen LogP contribution is -2.34. The maximum Gasteiger partial charge on any atom is 0.0971 e. The molecule has 1 aromatic carbocycles. The molecular formula is C26H39NOS2. The molecule has 2 atom stereocenters. The van der Waals surface area contributed by atoms with Gasteiger partial charge < -0.3 is 5.11 Å². The van der Waals surface area contributed by atoms with Crippen LogP contribution in [0.1, 0.15) is 96.8 Å². The molecule has 30 heavy (non-hydrogen) atoms. The molecule has 1 N–H and O–H groups in total. The second kappa shape index (κ2) is 10.6. The Bertz CT molecular complexity index is 781. The highest BCUT2D eigenvalue weighted by atomic mass is 32.2. The van der Waals surface area contributed by atoms with E-state index in [9.17, 15) is 5.11 Å². The largest absolute Gasteiger partial charge is 0.391 e. The maximum absolute atomic E-state index is 11.3. The number of nitrogens with zero attached hydrogens (tertiary/aromatic N) is 1. The summed E-state index contributed by atoms with van der Waals surface area (Å²) in [7, 11) is 0. The Morgan fingerprint density at radius 2 is 1.40 bits per heavy atom. The van der Waals surface area contributed by atoms with Gasteiger partial charge in [0, 0.05) is 11.1 Å². The van der Waals surface area contributed by atoms with Gasteiger partial charge in [-0.2, -0.15) is 0 Å². The lowest BCUT2D eigenvalue weighted by molar-refractivity contribution is 0.0777. The molecule has 0 saturated carbocycles. The number of benzene rings is 1. The summed E-state index contributed by atoms with van der Waals surface area (Å²) >= 11 is 3.49. The van der Waals surface area contributed by atoms with Crippen molar-refractivity contribution in [1.82, 2.24) is 4.98 Å². The summed E-state index contributed by atoms with van der Waals surface area (Å²) in [6, 6.07) is 10.7. The summed E-state index contributed by atoms with van der Waals surface area (Å²) < 4.78 is -0.0419. The summed E-state index contributed by atoms with van der Waals surface area (Å²) in [4.78, 5) is 5.85. The number of rotatable bonds is 8. The number of aliphatic hydroxyl groups is 1. The van der Waals surface area contributed by atoms with Crippen LogP contribution in [-0.2, 0) is 0 Å². The average Bonchev–Trinajstić information content (AvgIpc) is 2.66. The van der Waals surface area contributed by atoms with Crippen LogP contribution in [0.2, 0.25) is 0 Å². The third kappa shape index (κ3) is 6.51. The standard InChI is InChI=1S/C26H39NOS2/c1-16(2)19-14-20(17(3)4)23(21(15-19)18(5)6)30-25(24(28)26(7,8)9)29-22-12-10-11-13-27-22/h10-18,24-25,28H,1-9H3/t24-,25-/m1/s1. The normalized spacial score (nSPS) is 14.6. The van der Waals surface area contributed by atoms with Gasteiger partial charge in [0.25, 0.3) is 0 Å². The highest BCUT2D eigenvalue weighted by molar-refractivity contribution is 8.17. The summed E-state index contributed by atoms with van der Waals surface area (Å²) in [6.07, 6.45) is 1.35. The molecule has 1 aromatic heterocycles. The first-order valence-corrected chi connectivity index (χ1v) is 12.8. The first-order valence-electron chi connectivity index (χ1n) is 11.0. The molecule has 0 aliphatic carbocycles. The number of aliphatic hydroxyl groups excluding tert-OH is 1. The molecule has 0 saturated heterocycles. The van der Waals surface area contributed by atoms with E-state index in [0.717, 1.165) is 5.03 Å². The highest BCUT2D eigenvalue weighted by Gasteiger charge is 2.34. The van der Waals surface area contributed by atoms with Crippen LogP contribution in [0.4, 0.5) is 0 Å². The predicted molar refractivity (Wildman–Crippen MR) is 134 cm³/mol. The van der Waals surface area contributed by atoms with Crippen LogP contribution < -0.4 is 0 Å². The Morgan fingerprint density at radius 3 is 1.80 bits per heavy atom. The van der Waals surface area contributed by atoms with E-state index < -0.39 is 6.10 Å². The van der Waals surface area contributed by atoms with Crippen molar-refractivity contribution in [3.63, 3.8) is 0 Å². The van der Waals surface area contributed by atoms with Crippen molar-refractivity contribution in [3.05, 3.63) is 53.2 Å². The third-order valence-corrected chi connectivity index (χ3v) is 8.08. The molecule has 166 valence electrons. The number of hydrogen-bond donors (Lipinski definition) is 1. The molecule has 1 heterocycles. The molecule has 0 fully saturated rings. The second-order valence-corrected chi connectivity index (χ2v) is 12.7. The van der Waals surface area contributed by atoms with E-state index in [1.807, 2.05) is 36.2 Å². The topological polar surface area (TPSA) is 33.1 Å². The Hall–Kier alpha value is -0.970. The first-order chi connectivity index (χ1) is 13.9. The van der Waals surface area contributed by atoms with Gasteiger partial charge in [0.2, 0.25) is 0 Å². The van der Waals surface area contributed by atoms with E-state index in [-0.39, 0.29) is 10.00 Å². The fraction of sp³-hybridized carbons (Fsp3) is 0.577. The fourth-order valence-electron chi connectivity index (χ4n) is 3.24. The molecule has 0 unspecified atom stereocenters. The van der Waals surface area contributed by atoms with Crippen LogP contribution in [0.3, 0.4) is 0 Å². The molecule has 0 aliphatic rings. The summed E-state index contributed by atoms with van der Waals surface area (Å²) in [6.45, 7) is 19.9. The van der Waals surface area contributed by atoms with Gasteiger partial charge in [-0.25, -0.2) is 4.98 Å². The summed E-state index contributed by atoms with van der Waals surface area (Å²) in [5.74, 6) is 1.35. The van der Waals surface area contributed by atoms with Gasteiger partial charge in [0.1, 0.15) is 0 Å². The number of hydrogen-bond acceptors (Lipinski definition) is 4. The van der Waals surface area contributed by atoms with Crippen molar-refractivity contribution in [2.45, 2.75) is 101 Å². The molecule has 2 nitrogen and oxygen atoms in total. The number of aromatic nitrogens is 1. The van der Waals surface area contributed by atoms with Gasteiger partial charge in [-0.1, -0.05) is 92.3 Å². The quantitative estimate of drug-likeness (QED) is 0.329. The zero-order valence-electron chi connectivity index (χ0n) is 20.1. The third-order valence-electron chi connectivity index (χ3n) is 5.33. The smallest absolute Gasteiger partial charge is 0.0971 e. The molecule has 0 radical (unpaired) electrons. The Kier molecular flexibility index (Phi) is 8.91. The molecule has 0 amide bonds. The predicted octanol–water partition coefficient (Wildman–Crippen LogP) is 8.07. The van der Waals surface area contributed by atoms with Gasteiger partial charge >= 0.3 is 0 Å². The van der Waals surface area contributed by atoms with Gasteiger partial charge in [0.05, 0.1) is 15.7 Å². The Balaban J connectivity index is 2.57. The van der Waals surface area contributed by atoms with E-state index in [1.54, 1.807) is 11.8 Å². The van der Waals surface area contributed by atoms with Crippen molar-refractivity contribution in [1.29, 1.82) is 0 Å². The first kappa shape index (κ1) is 25.3. The number of pyridine rings is 1. The van der Waals surface area contributed by atoms with Crippen molar-refractivity contribution in [2.75, 3.05) is 0 Å². The molecule has 4 heteroatoms. The van der Waals surface area contributed by atoms with Gasteiger partial charge in [0.15, 0.2) is 0 Å². The van der Waals surface area contributed by atoms with Gasteiger partial charge in [-0.05, 0) is 52.0 Å². The maximum atomic E-state index is 11.3. The highest BCUT2D eigenvalue weighted by Crippen LogP contribution is 2.46. The molecule has 0 aliphatic heterocycles. The lowest BCUT2D eigenvalue weighted by atomic mass is 9.89. The van der Waals surface area contributed by atoms with Crippen LogP contribution in [0.5, 0.6) is 0 Å². The van der Waals surface area contributed by atoms with Crippen LogP contribution >= 0.6 is 23.5 Å². The average molecular weight is 446 g/mol. The van der Waals surface area contributed by atoms with E-state index >= 15 is 0 Å². The van der Waals surface area contributed by atoms with Crippen LogP contribution in [0.25, 0.3) is 0 Å². The minimum Gasteiger partial charge on any atom is -0.391 e. The van der Waals surface area contributed by atoms with Crippen molar-refractivity contribution in [2.24, 2.45) is 5.41 Å². The fourth-order valence-corrected chi connectivity index (χ4v) is 6.70. The minimum atomic E-state index is -0.473. The zero-order valence-corrected chi connectivity index (χ0v) is 21.7. The van der Waals surface area contributed by atoms with Crippen LogP contribution in [-0.4, -0.2) is 20.8 Å². The van der Waals surface area contributed by atoms with E-state index in [1.165, 1.54) is 21.6 Å². The number of thioether (sulfide) groups is 2. The zero-order chi connectivity index (χ0) is 22.6. The molecular weight excluding hydrogens is 406 g/mol. The van der Waals surface area contributed by atoms with Crippen molar-refractivity contribution >= 4 is 23.5 Å². The summed E-state index contributed by atoms with van der Waals surface area (Å²) in [5.41, 5.74) is 3.97. The van der Waals surface area contributed by atoms with E-state index in [0.29, 0.717) is 17.8 Å². The minimum absolute atomic E-state index is 0.0419. The summed E-state index contributed by atoms with van der Waals surface area (Å²) in [5, 5.41) is 12.3. The van der Waals surface area contributed by atoms with E-state index in [2.05, 4.69) is 79.4 Å². The molecule has 2 aromatic rings.